The lowest BCUT2D eigenvalue weighted by Gasteiger charge is -2.10. The highest BCUT2D eigenvalue weighted by molar-refractivity contribution is 7.89. The summed E-state index contributed by atoms with van der Waals surface area (Å²) in [5.41, 5.74) is 1.50. The molecule has 0 radical (unpaired) electrons. The number of sulfonamides is 1. The van der Waals surface area contributed by atoms with Crippen molar-refractivity contribution in [1.29, 1.82) is 0 Å². The van der Waals surface area contributed by atoms with Gasteiger partial charge in [-0.25, -0.2) is 17.9 Å². The lowest BCUT2D eigenvalue weighted by molar-refractivity contribution is 0.0521. The second-order valence-electron chi connectivity index (χ2n) is 5.22. The predicted molar refractivity (Wildman–Crippen MR) is 91.7 cm³/mol. The Kier molecular flexibility index (Phi) is 5.69. The molecule has 130 valence electrons. The number of carbonyl (C=O) groups excluding carboxylic acids is 1. The summed E-state index contributed by atoms with van der Waals surface area (Å²) >= 11 is 6.04. The number of rotatable bonds is 6. The zero-order valence-corrected chi connectivity index (χ0v) is 15.2. The number of hydrogen-bond acceptors (Lipinski definition) is 4. The average Bonchev–Trinajstić information content (AvgIpc) is 2.82. The third-order valence-corrected chi connectivity index (χ3v) is 5.42. The van der Waals surface area contributed by atoms with Crippen LogP contribution in [0.1, 0.15) is 34.2 Å². The maximum absolute atomic E-state index is 12.7. The first-order valence-corrected chi connectivity index (χ1v) is 9.23. The Morgan fingerprint density at radius 3 is 2.54 bits per heavy atom. The van der Waals surface area contributed by atoms with Crippen LogP contribution in [-0.4, -0.2) is 26.0 Å². The largest absolute Gasteiger partial charge is 0.462 e. The lowest BCUT2D eigenvalue weighted by atomic mass is 10.2. The Labute approximate surface area is 146 Å². The van der Waals surface area contributed by atoms with Gasteiger partial charge in [-0.05, 0) is 32.4 Å². The summed E-state index contributed by atoms with van der Waals surface area (Å²) in [7, 11) is -3.92. The van der Waals surface area contributed by atoms with Crippen molar-refractivity contribution >= 4 is 27.6 Å². The van der Waals surface area contributed by atoms with Crippen molar-refractivity contribution in [2.45, 2.75) is 32.2 Å². The average molecular weight is 371 g/mol. The van der Waals surface area contributed by atoms with E-state index in [4.69, 9.17) is 16.3 Å². The monoisotopic (exact) mass is 370 g/mol. The summed E-state index contributed by atoms with van der Waals surface area (Å²) in [5.74, 6) is -0.669. The molecule has 0 amide bonds. The molecule has 0 aliphatic carbocycles. The number of nitrogens with one attached hydrogen (secondary N) is 2. The minimum absolute atomic E-state index is 0.0218. The predicted octanol–water partition coefficient (Wildman–Crippen LogP) is 2.94. The van der Waals surface area contributed by atoms with Gasteiger partial charge >= 0.3 is 5.97 Å². The van der Waals surface area contributed by atoms with E-state index in [0.29, 0.717) is 22.0 Å². The second kappa shape index (κ2) is 7.38. The molecule has 24 heavy (non-hydrogen) atoms. The number of halogens is 1. The van der Waals surface area contributed by atoms with E-state index in [1.807, 2.05) is 0 Å². The SMILES string of the molecule is CCOC(=O)c1c(C)[nH]c(C)c1S(=O)(=O)NCc1ccccc1Cl. The minimum Gasteiger partial charge on any atom is -0.462 e. The Bertz CT molecular complexity index is 859. The van der Waals surface area contributed by atoms with Gasteiger partial charge in [0.25, 0.3) is 0 Å². The topological polar surface area (TPSA) is 88.3 Å². The fourth-order valence-electron chi connectivity index (χ4n) is 2.43. The molecule has 2 N–H and O–H groups in total. The number of H-pyrrole nitrogens is 1. The molecule has 2 rings (SSSR count). The molecule has 2 aromatic rings. The van der Waals surface area contributed by atoms with Gasteiger partial charge in [0, 0.05) is 23.0 Å². The first kappa shape index (κ1) is 18.5. The molecule has 0 spiro atoms. The summed E-state index contributed by atoms with van der Waals surface area (Å²) in [6, 6.07) is 6.94. The standard InChI is InChI=1S/C16H19ClN2O4S/c1-4-23-16(20)14-10(2)19-11(3)15(14)24(21,22)18-9-12-7-5-6-8-13(12)17/h5-8,18-19H,4,9H2,1-3H3. The van der Waals surface area contributed by atoms with Crippen LogP contribution in [0.5, 0.6) is 0 Å². The summed E-state index contributed by atoms with van der Waals surface area (Å²) < 4.78 is 32.8. The van der Waals surface area contributed by atoms with Gasteiger partial charge in [0.1, 0.15) is 10.5 Å². The number of hydrogen-bond donors (Lipinski definition) is 2. The molecule has 1 aromatic carbocycles. The van der Waals surface area contributed by atoms with Gasteiger partial charge in [-0.2, -0.15) is 0 Å². The molecule has 0 fully saturated rings. The normalized spacial score (nSPS) is 11.5. The molecule has 0 bridgehead atoms. The van der Waals surface area contributed by atoms with Crippen molar-refractivity contribution in [3.8, 4) is 0 Å². The van der Waals surface area contributed by atoms with Crippen LogP contribution in [0.4, 0.5) is 0 Å². The van der Waals surface area contributed by atoms with E-state index in [-0.39, 0.29) is 23.6 Å². The first-order chi connectivity index (χ1) is 11.3. The highest BCUT2D eigenvalue weighted by atomic mass is 35.5. The summed E-state index contributed by atoms with van der Waals surface area (Å²) in [6.07, 6.45) is 0. The van der Waals surface area contributed by atoms with Gasteiger partial charge in [0.05, 0.1) is 6.61 Å². The summed E-state index contributed by atoms with van der Waals surface area (Å²) in [6.45, 7) is 5.08. The van der Waals surface area contributed by atoms with Crippen molar-refractivity contribution in [2.24, 2.45) is 0 Å². The van der Waals surface area contributed by atoms with Crippen LogP contribution in [0, 0.1) is 13.8 Å². The van der Waals surface area contributed by atoms with E-state index in [1.54, 1.807) is 45.0 Å². The van der Waals surface area contributed by atoms with E-state index in [9.17, 15) is 13.2 Å². The maximum Gasteiger partial charge on any atom is 0.341 e. The van der Waals surface area contributed by atoms with Gasteiger partial charge in [-0.3, -0.25) is 0 Å². The van der Waals surface area contributed by atoms with Gasteiger partial charge in [0.2, 0.25) is 10.0 Å². The smallest absolute Gasteiger partial charge is 0.341 e. The number of aromatic nitrogens is 1. The Morgan fingerprint density at radius 2 is 1.92 bits per heavy atom. The third kappa shape index (κ3) is 3.80. The van der Waals surface area contributed by atoms with Crippen LogP contribution in [-0.2, 0) is 21.3 Å². The Morgan fingerprint density at radius 1 is 1.25 bits per heavy atom. The van der Waals surface area contributed by atoms with Gasteiger partial charge < -0.3 is 9.72 Å². The van der Waals surface area contributed by atoms with Crippen LogP contribution in [0.2, 0.25) is 5.02 Å². The third-order valence-electron chi connectivity index (χ3n) is 3.48. The lowest BCUT2D eigenvalue weighted by Crippen LogP contribution is -2.25. The van der Waals surface area contributed by atoms with Crippen molar-refractivity contribution in [1.82, 2.24) is 9.71 Å². The highest BCUT2D eigenvalue weighted by Crippen LogP contribution is 2.25. The molecule has 0 aliphatic rings. The van der Waals surface area contributed by atoms with Crippen molar-refractivity contribution < 1.29 is 17.9 Å². The Balaban J connectivity index is 2.36. The zero-order valence-electron chi connectivity index (χ0n) is 13.6. The number of esters is 1. The molecule has 0 aliphatic heterocycles. The van der Waals surface area contributed by atoms with Crippen LogP contribution >= 0.6 is 11.6 Å². The maximum atomic E-state index is 12.7. The van der Waals surface area contributed by atoms with E-state index in [1.165, 1.54) is 0 Å². The van der Waals surface area contributed by atoms with Crippen LogP contribution in [0.15, 0.2) is 29.2 Å². The molecule has 0 unspecified atom stereocenters. The van der Waals surface area contributed by atoms with Gasteiger partial charge in [-0.15, -0.1) is 0 Å². The van der Waals surface area contributed by atoms with E-state index in [2.05, 4.69) is 9.71 Å². The number of aromatic amines is 1. The molecule has 6 nitrogen and oxygen atoms in total. The fraction of sp³-hybridized carbons (Fsp3) is 0.312. The molecule has 1 aromatic heterocycles. The van der Waals surface area contributed by atoms with Crippen LogP contribution in [0.25, 0.3) is 0 Å². The molecule has 0 saturated carbocycles. The van der Waals surface area contributed by atoms with Crippen LogP contribution < -0.4 is 4.72 Å². The molecule has 0 saturated heterocycles. The fourth-order valence-corrected chi connectivity index (χ4v) is 4.08. The first-order valence-electron chi connectivity index (χ1n) is 7.37. The Hall–Kier alpha value is -1.83. The number of aryl methyl sites for hydroxylation is 2. The quantitative estimate of drug-likeness (QED) is 0.765. The van der Waals surface area contributed by atoms with Crippen molar-refractivity contribution in [3.63, 3.8) is 0 Å². The molecular weight excluding hydrogens is 352 g/mol. The molecule has 8 heteroatoms. The summed E-state index contributed by atoms with van der Waals surface area (Å²) in [5, 5.41) is 0.466. The van der Waals surface area contributed by atoms with Crippen molar-refractivity contribution in [3.05, 3.63) is 51.8 Å². The molecule has 1 heterocycles. The van der Waals surface area contributed by atoms with Gasteiger partial charge in [0.15, 0.2) is 0 Å². The number of carbonyl (C=O) groups is 1. The minimum atomic E-state index is -3.92. The van der Waals surface area contributed by atoms with Gasteiger partial charge in [-0.1, -0.05) is 29.8 Å². The van der Waals surface area contributed by atoms with Crippen LogP contribution in [0.3, 0.4) is 0 Å². The van der Waals surface area contributed by atoms with E-state index < -0.39 is 16.0 Å². The molecule has 0 atom stereocenters. The summed E-state index contributed by atoms with van der Waals surface area (Å²) in [4.78, 5) is 14.9. The van der Waals surface area contributed by atoms with E-state index in [0.717, 1.165) is 0 Å². The second-order valence-corrected chi connectivity index (χ2v) is 7.33. The molecular formula is C16H19ClN2O4S. The van der Waals surface area contributed by atoms with E-state index >= 15 is 0 Å². The van der Waals surface area contributed by atoms with Crippen molar-refractivity contribution in [2.75, 3.05) is 6.61 Å². The zero-order chi connectivity index (χ0) is 17.9. The number of benzene rings is 1. The highest BCUT2D eigenvalue weighted by Gasteiger charge is 2.29. The number of ether oxygens (including phenoxy) is 1.